The number of ether oxygens (including phenoxy) is 1. The zero-order chi connectivity index (χ0) is 13.8. The molecule has 1 N–H and O–H groups in total. The summed E-state index contributed by atoms with van der Waals surface area (Å²) in [6.45, 7) is 6.99. The summed E-state index contributed by atoms with van der Waals surface area (Å²) < 4.78 is 7.00. The SMILES string of the molecule is C=C(C#N)C=C(C)COc1cc2n(c(=O)n1)CCN2. The standard InChI is InChI=1S/C13H14N4O2/c1-9(7-14)5-10(2)8-19-12-6-11-15-3-4-17(11)13(18)16-12/h5-6,15H,1,3-4,8H2,2H3. The second-order valence-corrected chi connectivity index (χ2v) is 4.26. The van der Waals surface area contributed by atoms with Gasteiger partial charge in [0.2, 0.25) is 5.88 Å². The van der Waals surface area contributed by atoms with E-state index >= 15 is 0 Å². The Morgan fingerprint density at radius 2 is 2.58 bits per heavy atom. The van der Waals surface area contributed by atoms with E-state index in [0.29, 0.717) is 12.1 Å². The number of nitrogens with one attached hydrogen (secondary N) is 1. The highest BCUT2D eigenvalue weighted by molar-refractivity contribution is 5.41. The first kappa shape index (κ1) is 12.9. The lowest BCUT2D eigenvalue weighted by molar-refractivity contribution is 0.335. The normalized spacial score (nSPS) is 13.4. The van der Waals surface area contributed by atoms with Gasteiger partial charge in [-0.15, -0.1) is 0 Å². The van der Waals surface area contributed by atoms with Crippen molar-refractivity contribution in [2.45, 2.75) is 13.5 Å². The average Bonchev–Trinajstić information content (AvgIpc) is 2.85. The minimum atomic E-state index is -0.319. The molecule has 19 heavy (non-hydrogen) atoms. The Kier molecular flexibility index (Phi) is 3.66. The van der Waals surface area contributed by atoms with Crippen LogP contribution in [-0.2, 0) is 6.54 Å². The van der Waals surface area contributed by atoms with Crippen LogP contribution >= 0.6 is 0 Å². The largest absolute Gasteiger partial charge is 0.473 e. The van der Waals surface area contributed by atoms with Crippen molar-refractivity contribution in [3.05, 3.63) is 40.4 Å². The molecule has 6 nitrogen and oxygen atoms in total. The third-order valence-electron chi connectivity index (χ3n) is 2.64. The Hall–Kier alpha value is -2.55. The van der Waals surface area contributed by atoms with Crippen LogP contribution in [0.5, 0.6) is 5.88 Å². The Balaban J connectivity index is 2.07. The molecule has 0 saturated carbocycles. The molecular formula is C13H14N4O2. The van der Waals surface area contributed by atoms with Crippen LogP contribution in [0, 0.1) is 11.3 Å². The topological polar surface area (TPSA) is 79.9 Å². The summed E-state index contributed by atoms with van der Waals surface area (Å²) in [5.74, 6) is 0.999. The van der Waals surface area contributed by atoms with Gasteiger partial charge in [0.1, 0.15) is 12.4 Å². The highest BCUT2D eigenvalue weighted by Gasteiger charge is 2.13. The molecule has 0 aromatic carbocycles. The van der Waals surface area contributed by atoms with Crippen LogP contribution < -0.4 is 15.7 Å². The lowest BCUT2D eigenvalue weighted by Crippen LogP contribution is -2.21. The molecule has 0 radical (unpaired) electrons. The highest BCUT2D eigenvalue weighted by Crippen LogP contribution is 2.16. The van der Waals surface area contributed by atoms with Crippen molar-refractivity contribution in [3.8, 4) is 11.9 Å². The van der Waals surface area contributed by atoms with Gasteiger partial charge in [-0.05, 0) is 18.6 Å². The number of aromatic nitrogens is 2. The third-order valence-corrected chi connectivity index (χ3v) is 2.64. The van der Waals surface area contributed by atoms with Crippen LogP contribution in [0.2, 0.25) is 0 Å². The van der Waals surface area contributed by atoms with E-state index in [1.54, 1.807) is 16.7 Å². The predicted molar refractivity (Wildman–Crippen MR) is 71.0 cm³/mol. The monoisotopic (exact) mass is 258 g/mol. The van der Waals surface area contributed by atoms with Gasteiger partial charge in [0, 0.05) is 24.7 Å². The number of nitriles is 1. The Morgan fingerprint density at radius 3 is 3.32 bits per heavy atom. The summed E-state index contributed by atoms with van der Waals surface area (Å²) in [6.07, 6.45) is 1.64. The van der Waals surface area contributed by atoms with Gasteiger partial charge < -0.3 is 10.1 Å². The third kappa shape index (κ3) is 3.01. The minimum Gasteiger partial charge on any atom is -0.473 e. The van der Waals surface area contributed by atoms with Crippen LogP contribution in [0.1, 0.15) is 6.92 Å². The quantitative estimate of drug-likeness (QED) is 0.645. The summed E-state index contributed by atoms with van der Waals surface area (Å²) in [4.78, 5) is 15.5. The molecule has 2 rings (SSSR count). The fourth-order valence-electron chi connectivity index (χ4n) is 1.78. The first-order chi connectivity index (χ1) is 9.10. The molecule has 0 aliphatic carbocycles. The van der Waals surface area contributed by atoms with Gasteiger partial charge in [0.15, 0.2) is 0 Å². The van der Waals surface area contributed by atoms with E-state index in [2.05, 4.69) is 16.9 Å². The van der Waals surface area contributed by atoms with Gasteiger partial charge >= 0.3 is 5.69 Å². The van der Waals surface area contributed by atoms with Crippen LogP contribution in [0.4, 0.5) is 5.82 Å². The number of hydrogen-bond acceptors (Lipinski definition) is 5. The fourth-order valence-corrected chi connectivity index (χ4v) is 1.78. The van der Waals surface area contributed by atoms with Gasteiger partial charge in [-0.3, -0.25) is 4.57 Å². The maximum Gasteiger partial charge on any atom is 0.352 e. The molecular weight excluding hydrogens is 244 g/mol. The van der Waals surface area contributed by atoms with E-state index in [9.17, 15) is 4.79 Å². The molecule has 0 fully saturated rings. The number of allylic oxidation sites excluding steroid dienone is 2. The molecule has 98 valence electrons. The molecule has 2 heterocycles. The van der Waals surface area contributed by atoms with Crippen LogP contribution in [-0.4, -0.2) is 22.7 Å². The van der Waals surface area contributed by atoms with Gasteiger partial charge in [-0.2, -0.15) is 10.2 Å². The molecule has 0 bridgehead atoms. The summed E-state index contributed by atoms with van der Waals surface area (Å²) in [5, 5.41) is 11.7. The second-order valence-electron chi connectivity index (χ2n) is 4.26. The van der Waals surface area contributed by atoms with Gasteiger partial charge in [-0.1, -0.05) is 6.58 Å². The number of nitrogens with zero attached hydrogens (tertiary/aromatic N) is 3. The van der Waals surface area contributed by atoms with E-state index < -0.39 is 0 Å². The van der Waals surface area contributed by atoms with Crippen LogP contribution in [0.3, 0.4) is 0 Å². The lowest BCUT2D eigenvalue weighted by Gasteiger charge is -2.07. The maximum atomic E-state index is 11.7. The van der Waals surface area contributed by atoms with E-state index in [1.165, 1.54) is 0 Å². The molecule has 0 amide bonds. The van der Waals surface area contributed by atoms with Crippen molar-refractivity contribution in [3.63, 3.8) is 0 Å². The van der Waals surface area contributed by atoms with Crippen LogP contribution in [0.15, 0.2) is 34.7 Å². The van der Waals surface area contributed by atoms with Gasteiger partial charge in [0.05, 0.1) is 6.07 Å². The van der Waals surface area contributed by atoms with E-state index in [1.807, 2.05) is 13.0 Å². The average molecular weight is 258 g/mol. The van der Waals surface area contributed by atoms with E-state index in [4.69, 9.17) is 10.00 Å². The lowest BCUT2D eigenvalue weighted by atomic mass is 10.2. The van der Waals surface area contributed by atoms with Crippen molar-refractivity contribution < 1.29 is 4.74 Å². The first-order valence-corrected chi connectivity index (χ1v) is 5.85. The summed E-state index contributed by atoms with van der Waals surface area (Å²) in [5.41, 5.74) is 0.882. The molecule has 0 saturated heterocycles. The summed E-state index contributed by atoms with van der Waals surface area (Å²) in [7, 11) is 0. The molecule has 6 heteroatoms. The Morgan fingerprint density at radius 1 is 1.79 bits per heavy atom. The molecule has 0 atom stereocenters. The van der Waals surface area contributed by atoms with Gasteiger partial charge in [0.25, 0.3) is 0 Å². The van der Waals surface area contributed by atoms with Crippen molar-refractivity contribution >= 4 is 5.82 Å². The zero-order valence-electron chi connectivity index (χ0n) is 10.6. The second kappa shape index (κ2) is 5.40. The van der Waals surface area contributed by atoms with E-state index in [0.717, 1.165) is 17.9 Å². The number of anilines is 1. The Bertz CT molecular complexity index is 637. The van der Waals surface area contributed by atoms with Crippen molar-refractivity contribution in [2.24, 2.45) is 0 Å². The molecule has 1 aromatic rings. The van der Waals surface area contributed by atoms with Crippen molar-refractivity contribution in [2.75, 3.05) is 18.5 Å². The number of rotatable bonds is 4. The van der Waals surface area contributed by atoms with E-state index in [-0.39, 0.29) is 18.2 Å². The summed E-state index contributed by atoms with van der Waals surface area (Å²) in [6, 6.07) is 3.63. The molecule has 0 unspecified atom stereocenters. The van der Waals surface area contributed by atoms with Crippen LogP contribution in [0.25, 0.3) is 0 Å². The molecule has 1 aliphatic heterocycles. The molecule has 0 spiro atoms. The molecule has 1 aromatic heterocycles. The first-order valence-electron chi connectivity index (χ1n) is 5.85. The molecule has 1 aliphatic rings. The number of fused-ring (bicyclic) bond motifs is 1. The van der Waals surface area contributed by atoms with Crippen molar-refractivity contribution in [1.82, 2.24) is 9.55 Å². The maximum absolute atomic E-state index is 11.7. The predicted octanol–water partition coefficient (Wildman–Crippen LogP) is 1.07. The smallest absolute Gasteiger partial charge is 0.352 e. The highest BCUT2D eigenvalue weighted by atomic mass is 16.5. The Labute approximate surface area is 110 Å². The fraction of sp³-hybridized carbons (Fsp3) is 0.308. The van der Waals surface area contributed by atoms with Gasteiger partial charge in [-0.25, -0.2) is 4.79 Å². The number of hydrogen-bond donors (Lipinski definition) is 1. The summed E-state index contributed by atoms with van der Waals surface area (Å²) >= 11 is 0. The minimum absolute atomic E-state index is 0.261. The zero-order valence-corrected chi connectivity index (χ0v) is 10.6. The van der Waals surface area contributed by atoms with Crippen molar-refractivity contribution in [1.29, 1.82) is 5.26 Å².